The highest BCUT2D eigenvalue weighted by Gasteiger charge is 2.09. The van der Waals surface area contributed by atoms with Crippen LogP contribution in [0.3, 0.4) is 0 Å². The van der Waals surface area contributed by atoms with Gasteiger partial charge in [0.2, 0.25) is 5.95 Å². The van der Waals surface area contributed by atoms with E-state index in [1.54, 1.807) is 18.5 Å². The van der Waals surface area contributed by atoms with Crippen molar-refractivity contribution in [3.8, 4) is 0 Å². The van der Waals surface area contributed by atoms with E-state index in [1.165, 1.54) is 0 Å². The third kappa shape index (κ3) is 4.52. The smallest absolute Gasteiger partial charge is 0.270 e. The summed E-state index contributed by atoms with van der Waals surface area (Å²) in [4.78, 5) is 24.5. The molecule has 6 heteroatoms. The van der Waals surface area contributed by atoms with Crippen LogP contribution >= 0.6 is 0 Å². The number of aryl methyl sites for hydroxylation is 1. The minimum absolute atomic E-state index is 0.174. The molecule has 2 aromatic heterocycles. The lowest BCUT2D eigenvalue weighted by molar-refractivity contribution is 0.0948. The SMILES string of the molecule is CCCNC(=O)c1cc(C)nc(NCc2cccnc2)n1. The Hall–Kier alpha value is -2.50. The number of nitrogens with one attached hydrogen (secondary N) is 2. The van der Waals surface area contributed by atoms with Gasteiger partial charge in [0.05, 0.1) is 0 Å². The number of hydrogen-bond acceptors (Lipinski definition) is 5. The molecule has 2 N–H and O–H groups in total. The molecule has 110 valence electrons. The van der Waals surface area contributed by atoms with Crippen molar-refractivity contribution in [3.05, 3.63) is 47.5 Å². The number of anilines is 1. The van der Waals surface area contributed by atoms with Crippen LogP contribution < -0.4 is 10.6 Å². The maximum Gasteiger partial charge on any atom is 0.270 e. The van der Waals surface area contributed by atoms with Gasteiger partial charge in [-0.15, -0.1) is 0 Å². The number of amides is 1. The summed E-state index contributed by atoms with van der Waals surface area (Å²) in [6.07, 6.45) is 4.39. The Morgan fingerprint density at radius 3 is 2.90 bits per heavy atom. The third-order valence-corrected chi connectivity index (χ3v) is 2.80. The molecule has 0 atom stereocenters. The Morgan fingerprint density at radius 1 is 1.33 bits per heavy atom. The number of carbonyl (C=O) groups excluding carboxylic acids is 1. The van der Waals surface area contributed by atoms with Crippen molar-refractivity contribution >= 4 is 11.9 Å². The van der Waals surface area contributed by atoms with E-state index in [-0.39, 0.29) is 5.91 Å². The van der Waals surface area contributed by atoms with Crippen molar-refractivity contribution in [2.45, 2.75) is 26.8 Å². The van der Waals surface area contributed by atoms with Crippen molar-refractivity contribution < 1.29 is 4.79 Å². The molecule has 0 aliphatic carbocycles. The number of nitrogens with zero attached hydrogens (tertiary/aromatic N) is 3. The molecule has 6 nitrogen and oxygen atoms in total. The lowest BCUT2D eigenvalue weighted by atomic mass is 10.3. The van der Waals surface area contributed by atoms with Crippen LogP contribution in [0, 0.1) is 6.92 Å². The zero-order valence-electron chi connectivity index (χ0n) is 12.3. The number of carbonyl (C=O) groups is 1. The molecule has 0 fully saturated rings. The second-order valence-electron chi connectivity index (χ2n) is 4.69. The quantitative estimate of drug-likeness (QED) is 0.847. The van der Waals surface area contributed by atoms with Gasteiger partial charge in [-0.25, -0.2) is 9.97 Å². The third-order valence-electron chi connectivity index (χ3n) is 2.80. The molecule has 0 aliphatic rings. The van der Waals surface area contributed by atoms with E-state index in [0.717, 1.165) is 17.7 Å². The van der Waals surface area contributed by atoms with Crippen molar-refractivity contribution in [1.29, 1.82) is 0 Å². The van der Waals surface area contributed by atoms with Gasteiger partial charge < -0.3 is 10.6 Å². The Balaban J connectivity index is 2.06. The summed E-state index contributed by atoms with van der Waals surface area (Å²) < 4.78 is 0. The van der Waals surface area contributed by atoms with E-state index in [1.807, 2.05) is 26.0 Å². The molecule has 0 saturated heterocycles. The Kier molecular flexibility index (Phi) is 5.20. The van der Waals surface area contributed by atoms with Gasteiger partial charge in [-0.3, -0.25) is 9.78 Å². The highest BCUT2D eigenvalue weighted by atomic mass is 16.1. The maximum atomic E-state index is 11.9. The zero-order valence-corrected chi connectivity index (χ0v) is 12.3. The van der Waals surface area contributed by atoms with E-state index in [2.05, 4.69) is 25.6 Å². The normalized spacial score (nSPS) is 10.2. The van der Waals surface area contributed by atoms with Gasteiger partial charge in [-0.2, -0.15) is 0 Å². The zero-order chi connectivity index (χ0) is 15.1. The summed E-state index contributed by atoms with van der Waals surface area (Å²) in [5.41, 5.74) is 2.16. The highest BCUT2D eigenvalue weighted by molar-refractivity contribution is 5.92. The van der Waals surface area contributed by atoms with Crippen LogP contribution in [0.15, 0.2) is 30.6 Å². The first-order valence-electron chi connectivity index (χ1n) is 6.95. The number of aromatic nitrogens is 3. The maximum absolute atomic E-state index is 11.9. The largest absolute Gasteiger partial charge is 0.351 e. The van der Waals surface area contributed by atoms with Gasteiger partial charge in [-0.1, -0.05) is 13.0 Å². The summed E-state index contributed by atoms with van der Waals surface area (Å²) >= 11 is 0. The van der Waals surface area contributed by atoms with Gasteiger partial charge in [0.1, 0.15) is 5.69 Å². The van der Waals surface area contributed by atoms with Crippen LogP contribution in [-0.4, -0.2) is 27.4 Å². The molecule has 0 saturated carbocycles. The summed E-state index contributed by atoms with van der Waals surface area (Å²) in [5.74, 6) is 0.271. The lowest BCUT2D eigenvalue weighted by Gasteiger charge is -2.08. The molecule has 1 amide bonds. The summed E-state index contributed by atoms with van der Waals surface area (Å²) in [6.45, 7) is 5.05. The van der Waals surface area contributed by atoms with Gasteiger partial charge in [0, 0.05) is 31.2 Å². The van der Waals surface area contributed by atoms with Crippen LogP contribution in [0.2, 0.25) is 0 Å². The van der Waals surface area contributed by atoms with Gasteiger partial charge in [0.25, 0.3) is 5.91 Å². The molecule has 0 bridgehead atoms. The lowest BCUT2D eigenvalue weighted by Crippen LogP contribution is -2.25. The standard InChI is InChI=1S/C15H19N5O/c1-3-6-17-14(21)13-8-11(2)19-15(20-13)18-10-12-5-4-7-16-9-12/h4-5,7-9H,3,6,10H2,1-2H3,(H,17,21)(H,18,19,20). The Morgan fingerprint density at radius 2 is 2.19 bits per heavy atom. The minimum Gasteiger partial charge on any atom is -0.351 e. The molecule has 0 unspecified atom stereocenters. The first kappa shape index (κ1) is 14.9. The number of rotatable bonds is 6. The van der Waals surface area contributed by atoms with Crippen molar-refractivity contribution in [1.82, 2.24) is 20.3 Å². The number of hydrogen-bond donors (Lipinski definition) is 2. The second kappa shape index (κ2) is 7.33. The van der Waals surface area contributed by atoms with E-state index >= 15 is 0 Å². The topological polar surface area (TPSA) is 79.8 Å². The number of pyridine rings is 1. The molecule has 2 heterocycles. The monoisotopic (exact) mass is 285 g/mol. The van der Waals surface area contributed by atoms with Crippen LogP contribution in [-0.2, 0) is 6.54 Å². The Labute approximate surface area is 124 Å². The molecule has 2 aromatic rings. The van der Waals surface area contributed by atoms with Crippen molar-refractivity contribution in [3.63, 3.8) is 0 Å². The molecule has 0 spiro atoms. The predicted octanol–water partition coefficient (Wildman–Crippen LogP) is 1.93. The summed E-state index contributed by atoms with van der Waals surface area (Å²) in [5, 5.41) is 5.92. The average molecular weight is 285 g/mol. The van der Waals surface area contributed by atoms with E-state index in [9.17, 15) is 4.79 Å². The molecule has 2 rings (SSSR count). The Bertz CT molecular complexity index is 600. The van der Waals surface area contributed by atoms with E-state index in [4.69, 9.17) is 0 Å². The molecular weight excluding hydrogens is 266 g/mol. The van der Waals surface area contributed by atoms with Gasteiger partial charge >= 0.3 is 0 Å². The van der Waals surface area contributed by atoms with Crippen LogP contribution in [0.1, 0.15) is 35.1 Å². The van der Waals surface area contributed by atoms with Crippen LogP contribution in [0.5, 0.6) is 0 Å². The first-order valence-corrected chi connectivity index (χ1v) is 6.95. The first-order chi connectivity index (χ1) is 10.2. The fourth-order valence-electron chi connectivity index (χ4n) is 1.78. The van der Waals surface area contributed by atoms with Crippen LogP contribution in [0.4, 0.5) is 5.95 Å². The van der Waals surface area contributed by atoms with Crippen LogP contribution in [0.25, 0.3) is 0 Å². The highest BCUT2D eigenvalue weighted by Crippen LogP contribution is 2.07. The summed E-state index contributed by atoms with van der Waals surface area (Å²) in [6, 6.07) is 5.52. The second-order valence-corrected chi connectivity index (χ2v) is 4.69. The molecule has 0 aliphatic heterocycles. The van der Waals surface area contributed by atoms with E-state index in [0.29, 0.717) is 24.7 Å². The molecule has 21 heavy (non-hydrogen) atoms. The molecule has 0 aromatic carbocycles. The molecular formula is C15H19N5O. The average Bonchev–Trinajstić information content (AvgIpc) is 2.51. The summed E-state index contributed by atoms with van der Waals surface area (Å²) in [7, 11) is 0. The van der Waals surface area contributed by atoms with Gasteiger partial charge in [0.15, 0.2) is 0 Å². The van der Waals surface area contributed by atoms with Gasteiger partial charge in [-0.05, 0) is 31.0 Å². The van der Waals surface area contributed by atoms with Crippen molar-refractivity contribution in [2.24, 2.45) is 0 Å². The fourth-order valence-corrected chi connectivity index (χ4v) is 1.78. The predicted molar refractivity (Wildman–Crippen MR) is 81.0 cm³/mol. The molecule has 0 radical (unpaired) electrons. The fraction of sp³-hybridized carbons (Fsp3) is 0.333. The minimum atomic E-state index is -0.174. The van der Waals surface area contributed by atoms with Crippen molar-refractivity contribution in [2.75, 3.05) is 11.9 Å². The van der Waals surface area contributed by atoms with E-state index < -0.39 is 0 Å².